The Morgan fingerprint density at radius 2 is 1.71 bits per heavy atom. The lowest BCUT2D eigenvalue weighted by molar-refractivity contribution is 0.306. The fourth-order valence-corrected chi connectivity index (χ4v) is 3.97. The van der Waals surface area contributed by atoms with Gasteiger partial charge in [0.25, 0.3) is 5.56 Å². The molecule has 3 heterocycles. The average molecular weight is 463 g/mol. The molecule has 0 spiro atoms. The second-order valence-corrected chi connectivity index (χ2v) is 8.37. The summed E-state index contributed by atoms with van der Waals surface area (Å²) < 4.78 is 34.5. The van der Waals surface area contributed by atoms with Crippen molar-refractivity contribution in [3.05, 3.63) is 88.3 Å². The van der Waals surface area contributed by atoms with Gasteiger partial charge >= 0.3 is 0 Å². The van der Waals surface area contributed by atoms with Crippen LogP contribution in [0.3, 0.4) is 0 Å². The van der Waals surface area contributed by atoms with E-state index in [0.717, 1.165) is 49.3 Å². The van der Waals surface area contributed by atoms with Gasteiger partial charge in [0.15, 0.2) is 0 Å². The molecular weight excluding hydrogens is 440 g/mol. The first-order valence-corrected chi connectivity index (χ1v) is 11.0. The molecule has 0 radical (unpaired) electrons. The molecule has 4 aromatic rings. The minimum Gasteiger partial charge on any atom is -0.421 e. The Morgan fingerprint density at radius 3 is 2.47 bits per heavy atom. The second-order valence-electron chi connectivity index (χ2n) is 8.37. The molecule has 1 aliphatic rings. The Bertz CT molecular complexity index is 1360. The van der Waals surface area contributed by atoms with E-state index in [4.69, 9.17) is 4.42 Å². The smallest absolute Gasteiger partial charge is 0.267 e. The lowest BCUT2D eigenvalue weighted by atomic mass is 10.1. The molecule has 0 bridgehead atoms. The molecule has 0 aliphatic carbocycles. The fourth-order valence-electron chi connectivity index (χ4n) is 3.97. The Morgan fingerprint density at radius 1 is 0.941 bits per heavy atom. The van der Waals surface area contributed by atoms with Gasteiger partial charge in [0, 0.05) is 49.4 Å². The number of hydrogen-bond donors (Lipinski definition) is 0. The van der Waals surface area contributed by atoms with Gasteiger partial charge in [-0.1, -0.05) is 12.1 Å². The Balaban J connectivity index is 1.38. The summed E-state index contributed by atoms with van der Waals surface area (Å²) in [6, 6.07) is 13.5. The quantitative estimate of drug-likeness (QED) is 0.450. The fraction of sp³-hybridized carbons (Fsp3) is 0.240. The first-order chi connectivity index (χ1) is 16.4. The zero-order valence-electron chi connectivity index (χ0n) is 18.6. The molecule has 0 N–H and O–H groups in total. The zero-order chi connectivity index (χ0) is 23.7. The lowest BCUT2D eigenvalue weighted by Gasteiger charge is -2.31. The highest BCUT2D eigenvalue weighted by Gasteiger charge is 2.18. The van der Waals surface area contributed by atoms with Crippen molar-refractivity contribution in [3.63, 3.8) is 0 Å². The van der Waals surface area contributed by atoms with Crippen LogP contribution in [0.4, 0.5) is 14.7 Å². The van der Waals surface area contributed by atoms with Gasteiger partial charge in [-0.25, -0.2) is 18.4 Å². The molecule has 0 saturated carbocycles. The maximum Gasteiger partial charge on any atom is 0.267 e. The van der Waals surface area contributed by atoms with Crippen LogP contribution in [-0.2, 0) is 6.54 Å². The van der Waals surface area contributed by atoms with Gasteiger partial charge in [-0.05, 0) is 42.9 Å². The number of nitrogens with zero attached hydrogens (tertiary/aromatic N) is 5. The van der Waals surface area contributed by atoms with E-state index >= 15 is 0 Å². The van der Waals surface area contributed by atoms with E-state index in [1.807, 2.05) is 24.3 Å². The summed E-state index contributed by atoms with van der Waals surface area (Å²) in [5.41, 5.74) is 1.85. The summed E-state index contributed by atoms with van der Waals surface area (Å²) in [4.78, 5) is 21.3. The number of piperazine rings is 1. The van der Waals surface area contributed by atoms with Gasteiger partial charge in [0.1, 0.15) is 11.6 Å². The van der Waals surface area contributed by atoms with Gasteiger partial charge in [0.2, 0.25) is 11.8 Å². The van der Waals surface area contributed by atoms with Gasteiger partial charge in [-0.3, -0.25) is 4.79 Å². The highest BCUT2D eigenvalue weighted by Crippen LogP contribution is 2.26. The molecule has 34 heavy (non-hydrogen) atoms. The number of rotatable bonds is 5. The van der Waals surface area contributed by atoms with Crippen LogP contribution in [0.5, 0.6) is 0 Å². The van der Waals surface area contributed by atoms with Crippen molar-refractivity contribution in [2.24, 2.45) is 0 Å². The van der Waals surface area contributed by atoms with Crippen molar-refractivity contribution in [3.8, 4) is 22.7 Å². The summed E-state index contributed by atoms with van der Waals surface area (Å²) >= 11 is 0. The largest absolute Gasteiger partial charge is 0.421 e. The first-order valence-electron chi connectivity index (χ1n) is 11.0. The number of hydrogen-bond acceptors (Lipinski definition) is 6. The summed E-state index contributed by atoms with van der Waals surface area (Å²) in [6.45, 7) is 3.88. The summed E-state index contributed by atoms with van der Waals surface area (Å²) in [5, 5.41) is 4.31. The lowest BCUT2D eigenvalue weighted by Crippen LogP contribution is -2.44. The average Bonchev–Trinajstić information content (AvgIpc) is 3.31. The van der Waals surface area contributed by atoms with Crippen LogP contribution in [-0.4, -0.2) is 52.9 Å². The van der Waals surface area contributed by atoms with Crippen molar-refractivity contribution in [1.82, 2.24) is 19.7 Å². The summed E-state index contributed by atoms with van der Waals surface area (Å²) in [5.74, 6) is -0.172. The predicted octanol–water partition coefficient (Wildman–Crippen LogP) is 3.64. The van der Waals surface area contributed by atoms with E-state index in [2.05, 4.69) is 26.9 Å². The first kappa shape index (κ1) is 22.0. The minimum atomic E-state index is -0.704. The molecule has 1 saturated heterocycles. The van der Waals surface area contributed by atoms with E-state index in [1.54, 1.807) is 6.20 Å². The van der Waals surface area contributed by atoms with E-state index < -0.39 is 11.6 Å². The SMILES string of the molecule is CN1CCN(c2cnc(-c3cccc(Cn4nc(-c5cc(F)cc(F)c5)ccc4=O)c3)o2)CC1. The molecule has 1 fully saturated rings. The predicted molar refractivity (Wildman–Crippen MR) is 125 cm³/mol. The van der Waals surface area contributed by atoms with E-state index in [-0.39, 0.29) is 17.7 Å². The van der Waals surface area contributed by atoms with E-state index in [0.29, 0.717) is 11.6 Å². The van der Waals surface area contributed by atoms with Gasteiger partial charge < -0.3 is 14.2 Å². The third-order valence-corrected chi connectivity index (χ3v) is 5.84. The van der Waals surface area contributed by atoms with E-state index in [1.165, 1.54) is 28.9 Å². The van der Waals surface area contributed by atoms with Gasteiger partial charge in [0.05, 0.1) is 18.4 Å². The number of benzene rings is 2. The van der Waals surface area contributed by atoms with E-state index in [9.17, 15) is 13.6 Å². The van der Waals surface area contributed by atoms with Crippen molar-refractivity contribution >= 4 is 5.88 Å². The summed E-state index contributed by atoms with van der Waals surface area (Å²) in [6.07, 6.45) is 1.74. The molecule has 1 aliphatic heterocycles. The van der Waals surface area contributed by atoms with Crippen molar-refractivity contribution in [1.29, 1.82) is 0 Å². The minimum absolute atomic E-state index is 0.185. The van der Waals surface area contributed by atoms with Crippen LogP contribution >= 0.6 is 0 Å². The van der Waals surface area contributed by atoms with Crippen LogP contribution in [0.2, 0.25) is 0 Å². The van der Waals surface area contributed by atoms with Crippen molar-refractivity contribution in [2.45, 2.75) is 6.54 Å². The Kier molecular flexibility index (Phi) is 5.93. The molecule has 0 unspecified atom stereocenters. The van der Waals surface area contributed by atoms with Crippen LogP contribution < -0.4 is 10.5 Å². The van der Waals surface area contributed by atoms with Crippen LogP contribution in [0, 0.1) is 11.6 Å². The molecule has 0 atom stereocenters. The molecular formula is C25H23F2N5O2. The highest BCUT2D eigenvalue weighted by molar-refractivity contribution is 5.59. The number of halogens is 2. The second kappa shape index (κ2) is 9.18. The molecule has 0 amide bonds. The monoisotopic (exact) mass is 463 g/mol. The Hall–Kier alpha value is -3.85. The normalized spacial score (nSPS) is 14.5. The van der Waals surface area contributed by atoms with Crippen LogP contribution in [0.1, 0.15) is 5.56 Å². The zero-order valence-corrected chi connectivity index (χ0v) is 18.6. The Labute approximate surface area is 194 Å². The molecule has 2 aromatic heterocycles. The van der Waals surface area contributed by atoms with Crippen molar-refractivity contribution < 1.29 is 13.2 Å². The maximum atomic E-state index is 13.6. The van der Waals surface area contributed by atoms with Gasteiger partial charge in [-0.2, -0.15) is 5.10 Å². The highest BCUT2D eigenvalue weighted by atomic mass is 19.1. The topological polar surface area (TPSA) is 67.4 Å². The third-order valence-electron chi connectivity index (χ3n) is 5.84. The molecule has 2 aromatic carbocycles. The standard InChI is InChI=1S/C25H23F2N5O2/c1-30-7-9-31(10-8-30)24-15-28-25(34-24)18-4-2-3-17(11-18)16-32-23(33)6-5-22(29-32)19-12-20(26)14-21(27)13-19/h2-6,11-15H,7-10,16H2,1H3. The molecule has 5 rings (SSSR count). The third kappa shape index (κ3) is 4.74. The van der Waals surface area contributed by atoms with Crippen LogP contribution in [0.25, 0.3) is 22.7 Å². The number of aromatic nitrogens is 3. The summed E-state index contributed by atoms with van der Waals surface area (Å²) in [7, 11) is 2.10. The molecule has 7 nitrogen and oxygen atoms in total. The van der Waals surface area contributed by atoms with Gasteiger partial charge in [-0.15, -0.1) is 0 Å². The number of likely N-dealkylation sites (N-methyl/N-ethyl adjacent to an activating group) is 1. The molecule has 174 valence electrons. The van der Waals surface area contributed by atoms with Crippen LogP contribution in [0.15, 0.2) is 70.0 Å². The van der Waals surface area contributed by atoms with Crippen molar-refractivity contribution in [2.75, 3.05) is 38.1 Å². The molecule has 9 heteroatoms. The maximum absolute atomic E-state index is 13.6. The number of anilines is 1. The number of oxazole rings is 1.